The molecule has 5 rings (SSSR count). The predicted octanol–water partition coefficient (Wildman–Crippen LogP) is 4.75. The van der Waals surface area contributed by atoms with Crippen molar-refractivity contribution in [1.82, 2.24) is 9.80 Å². The second-order valence-corrected chi connectivity index (χ2v) is 8.61. The van der Waals surface area contributed by atoms with Gasteiger partial charge in [-0.05, 0) is 49.2 Å². The van der Waals surface area contributed by atoms with Crippen LogP contribution >= 0.6 is 0 Å². The number of carboxylic acids is 1. The summed E-state index contributed by atoms with van der Waals surface area (Å²) in [5, 5.41) is 10.1. The zero-order valence-electron chi connectivity index (χ0n) is 18.9. The maximum Gasteiger partial charge on any atom is 0.416 e. The Hall–Kier alpha value is -4.33. The molecule has 0 aliphatic carbocycles. The summed E-state index contributed by atoms with van der Waals surface area (Å²) in [6.07, 6.45) is 0.364. The van der Waals surface area contributed by atoms with Crippen LogP contribution < -0.4 is 9.64 Å². The molecule has 3 amide bonds. The number of carbonyl (C=O) groups excluding carboxylic acids is 2. The van der Waals surface area contributed by atoms with Crippen LogP contribution in [0, 0.1) is 0 Å². The fourth-order valence-corrected chi connectivity index (χ4v) is 5.02. The van der Waals surface area contributed by atoms with Crippen molar-refractivity contribution in [1.29, 1.82) is 0 Å². The van der Waals surface area contributed by atoms with E-state index in [1.807, 2.05) is 60.7 Å². The molecule has 0 spiro atoms. The smallest absolute Gasteiger partial charge is 0.416 e. The number of benzene rings is 3. The SMILES string of the molecule is O=C(O)[C@@H]1[C@H]2CC[C@@H](CN1C(=O)Oc1ccccc1)N2C(=O)N(c1ccccc1)c1ccccc1. The molecule has 2 aliphatic heterocycles. The maximum atomic E-state index is 14.0. The van der Waals surface area contributed by atoms with Gasteiger partial charge in [-0.25, -0.2) is 14.4 Å². The van der Waals surface area contributed by atoms with Gasteiger partial charge in [0, 0.05) is 6.54 Å². The van der Waals surface area contributed by atoms with Crippen molar-refractivity contribution < 1.29 is 24.2 Å². The van der Waals surface area contributed by atoms with Crippen LogP contribution in [0.4, 0.5) is 21.0 Å². The molecule has 3 aromatic rings. The molecule has 2 bridgehead atoms. The summed E-state index contributed by atoms with van der Waals surface area (Å²) in [7, 11) is 0. The quantitative estimate of drug-likeness (QED) is 0.593. The van der Waals surface area contributed by atoms with Gasteiger partial charge >= 0.3 is 18.1 Å². The Bertz CT molecular complexity index is 1170. The first kappa shape index (κ1) is 22.5. The number of likely N-dealkylation sites (tertiary alicyclic amines) is 1. The van der Waals surface area contributed by atoms with Gasteiger partial charge in [-0.3, -0.25) is 9.80 Å². The van der Waals surface area contributed by atoms with Crippen molar-refractivity contribution in [3.63, 3.8) is 0 Å². The molecule has 8 heteroatoms. The van der Waals surface area contributed by atoms with E-state index in [9.17, 15) is 19.5 Å². The molecule has 1 N–H and O–H groups in total. The normalized spacial score (nSPS) is 20.9. The van der Waals surface area contributed by atoms with Gasteiger partial charge in [0.05, 0.1) is 23.5 Å². The number of piperazine rings is 1. The summed E-state index contributed by atoms with van der Waals surface area (Å²) in [5.41, 5.74) is 1.36. The first-order chi connectivity index (χ1) is 17.0. The summed E-state index contributed by atoms with van der Waals surface area (Å²) in [5.74, 6) is -0.823. The molecule has 35 heavy (non-hydrogen) atoms. The number of carbonyl (C=O) groups is 3. The molecule has 0 unspecified atom stereocenters. The zero-order valence-corrected chi connectivity index (χ0v) is 18.9. The van der Waals surface area contributed by atoms with Gasteiger partial charge in [-0.1, -0.05) is 54.6 Å². The maximum absolute atomic E-state index is 14.0. The number of para-hydroxylation sites is 3. The van der Waals surface area contributed by atoms with E-state index in [0.29, 0.717) is 30.0 Å². The van der Waals surface area contributed by atoms with E-state index in [2.05, 4.69) is 0 Å². The average Bonchev–Trinajstić information content (AvgIpc) is 3.18. The highest BCUT2D eigenvalue weighted by Gasteiger charge is 2.54. The topological polar surface area (TPSA) is 90.4 Å². The number of carboxylic acid groups (broad SMARTS) is 1. The summed E-state index contributed by atoms with van der Waals surface area (Å²) in [4.78, 5) is 43.9. The Morgan fingerprint density at radius 2 is 1.34 bits per heavy atom. The molecule has 3 atom stereocenters. The lowest BCUT2D eigenvalue weighted by molar-refractivity contribution is -0.146. The van der Waals surface area contributed by atoms with Crippen LogP contribution in [0.25, 0.3) is 0 Å². The Morgan fingerprint density at radius 3 is 1.89 bits per heavy atom. The van der Waals surface area contributed by atoms with E-state index < -0.39 is 24.1 Å². The minimum absolute atomic E-state index is 0.0856. The van der Waals surface area contributed by atoms with Crippen molar-refractivity contribution in [3.8, 4) is 5.75 Å². The van der Waals surface area contributed by atoms with E-state index in [1.165, 1.54) is 4.90 Å². The van der Waals surface area contributed by atoms with E-state index in [4.69, 9.17) is 4.74 Å². The number of rotatable bonds is 4. The summed E-state index contributed by atoms with van der Waals surface area (Å²) < 4.78 is 5.45. The average molecular weight is 472 g/mol. The number of aliphatic carboxylic acids is 1. The monoisotopic (exact) mass is 471 g/mol. The molecule has 2 fully saturated rings. The molecule has 8 nitrogen and oxygen atoms in total. The third kappa shape index (κ3) is 4.30. The number of fused-ring (bicyclic) bond motifs is 2. The van der Waals surface area contributed by atoms with Crippen LogP contribution in [0.2, 0.25) is 0 Å². The van der Waals surface area contributed by atoms with Crippen LogP contribution in [-0.4, -0.2) is 57.7 Å². The minimum Gasteiger partial charge on any atom is -0.480 e. The molecule has 0 aromatic heterocycles. The molecule has 178 valence electrons. The van der Waals surface area contributed by atoms with E-state index in [1.54, 1.807) is 40.1 Å². The molecule has 2 aliphatic rings. The highest BCUT2D eigenvalue weighted by Crippen LogP contribution is 2.38. The largest absolute Gasteiger partial charge is 0.480 e. The standard InChI is InChI=1S/C27H25N3O5/c31-25(32)24-23-17-16-21(18-28(24)27(34)35-22-14-8-3-9-15-22)30(23)26(33)29(19-10-4-1-5-11-19)20-12-6-2-7-13-20/h1-15,21,23-24H,16-18H2,(H,31,32)/t21-,23+,24-/m0/s1. The van der Waals surface area contributed by atoms with Crippen molar-refractivity contribution in [2.24, 2.45) is 0 Å². The molecule has 3 aromatic carbocycles. The molecule has 0 radical (unpaired) electrons. The zero-order chi connectivity index (χ0) is 24.4. The molecule has 0 saturated carbocycles. The van der Waals surface area contributed by atoms with Crippen molar-refractivity contribution >= 4 is 29.5 Å². The van der Waals surface area contributed by atoms with E-state index in [-0.39, 0.29) is 18.6 Å². The summed E-state index contributed by atoms with van der Waals surface area (Å²) in [6.45, 7) is 0.0856. The first-order valence-corrected chi connectivity index (χ1v) is 11.5. The number of hydrogen-bond acceptors (Lipinski definition) is 4. The van der Waals surface area contributed by atoms with Gasteiger partial charge in [-0.2, -0.15) is 0 Å². The second kappa shape index (κ2) is 9.50. The minimum atomic E-state index is -1.21. The second-order valence-electron chi connectivity index (χ2n) is 8.61. The number of urea groups is 1. The van der Waals surface area contributed by atoms with Crippen LogP contribution in [0.5, 0.6) is 5.75 Å². The third-order valence-electron chi connectivity index (χ3n) is 6.53. The summed E-state index contributed by atoms with van der Waals surface area (Å²) >= 11 is 0. The lowest BCUT2D eigenvalue weighted by Gasteiger charge is -2.45. The van der Waals surface area contributed by atoms with Gasteiger partial charge in [0.1, 0.15) is 5.75 Å². The van der Waals surface area contributed by atoms with Gasteiger partial charge in [0.25, 0.3) is 0 Å². The fourth-order valence-electron chi connectivity index (χ4n) is 5.02. The van der Waals surface area contributed by atoms with E-state index >= 15 is 0 Å². The van der Waals surface area contributed by atoms with Crippen molar-refractivity contribution in [2.75, 3.05) is 11.4 Å². The Kier molecular flexibility index (Phi) is 6.10. The number of hydrogen-bond donors (Lipinski definition) is 1. The first-order valence-electron chi connectivity index (χ1n) is 11.5. The summed E-state index contributed by atoms with van der Waals surface area (Å²) in [6, 6.07) is 24.6. The van der Waals surface area contributed by atoms with Crippen LogP contribution in [0.3, 0.4) is 0 Å². The highest BCUT2D eigenvalue weighted by molar-refractivity contribution is 6.00. The van der Waals surface area contributed by atoms with Gasteiger partial charge in [-0.15, -0.1) is 0 Å². The highest BCUT2D eigenvalue weighted by atomic mass is 16.6. The fraction of sp³-hybridized carbons (Fsp3) is 0.222. The van der Waals surface area contributed by atoms with Gasteiger partial charge < -0.3 is 14.7 Å². The Balaban J connectivity index is 1.46. The number of nitrogens with zero attached hydrogens (tertiary/aromatic N) is 3. The molecule has 2 heterocycles. The lowest BCUT2D eigenvalue weighted by atomic mass is 10.0. The number of anilines is 2. The molecular weight excluding hydrogens is 446 g/mol. The van der Waals surface area contributed by atoms with Crippen LogP contribution in [-0.2, 0) is 4.79 Å². The van der Waals surface area contributed by atoms with Crippen LogP contribution in [0.15, 0.2) is 91.0 Å². The van der Waals surface area contributed by atoms with Gasteiger partial charge in [0.2, 0.25) is 0 Å². The van der Waals surface area contributed by atoms with Gasteiger partial charge in [0.15, 0.2) is 6.04 Å². The number of ether oxygens (including phenoxy) is 1. The third-order valence-corrected chi connectivity index (χ3v) is 6.53. The molecular formula is C27H25N3O5. The van der Waals surface area contributed by atoms with E-state index in [0.717, 1.165) is 0 Å². The number of amides is 3. The van der Waals surface area contributed by atoms with Crippen molar-refractivity contribution in [2.45, 2.75) is 31.0 Å². The Labute approximate surface area is 202 Å². The molecule has 2 saturated heterocycles. The predicted molar refractivity (Wildman–Crippen MR) is 130 cm³/mol. The lowest BCUT2D eigenvalue weighted by Crippen LogP contribution is -2.66. The van der Waals surface area contributed by atoms with Crippen LogP contribution in [0.1, 0.15) is 12.8 Å². The Morgan fingerprint density at radius 1 is 0.800 bits per heavy atom. The van der Waals surface area contributed by atoms with Crippen molar-refractivity contribution in [3.05, 3.63) is 91.0 Å².